The topological polar surface area (TPSA) is 81.4 Å². The number of hydrogen-bond acceptors (Lipinski definition) is 4. The second kappa shape index (κ2) is 5.90. The van der Waals surface area contributed by atoms with E-state index in [0.29, 0.717) is 12.1 Å². The summed E-state index contributed by atoms with van der Waals surface area (Å²) in [6, 6.07) is 4.93. The zero-order valence-corrected chi connectivity index (χ0v) is 12.7. The van der Waals surface area contributed by atoms with Crippen LogP contribution in [0.5, 0.6) is 0 Å². The van der Waals surface area contributed by atoms with Crippen LogP contribution in [0.3, 0.4) is 0 Å². The summed E-state index contributed by atoms with van der Waals surface area (Å²) in [6.07, 6.45) is 0.629. The summed E-state index contributed by atoms with van der Waals surface area (Å²) in [6.45, 7) is 5.73. The van der Waals surface area contributed by atoms with Gasteiger partial charge in [-0.15, -0.1) is 0 Å². The van der Waals surface area contributed by atoms with Crippen LogP contribution in [0.2, 0.25) is 0 Å². The highest BCUT2D eigenvalue weighted by atomic mass is 32.2. The number of anilines is 1. The van der Waals surface area contributed by atoms with Gasteiger partial charge in [0.25, 0.3) is 0 Å². The first-order valence-corrected chi connectivity index (χ1v) is 7.63. The second-order valence-corrected chi connectivity index (χ2v) is 6.74. The van der Waals surface area contributed by atoms with E-state index in [2.05, 4.69) is 4.72 Å². The molecule has 0 bridgehead atoms. The van der Waals surface area contributed by atoms with Crippen LogP contribution in [-0.2, 0) is 21.2 Å². The first-order chi connectivity index (χ1) is 8.72. The van der Waals surface area contributed by atoms with Crippen molar-refractivity contribution in [1.29, 1.82) is 0 Å². The van der Waals surface area contributed by atoms with Gasteiger partial charge in [-0.3, -0.25) is 0 Å². The molecule has 0 heterocycles. The molecule has 0 amide bonds. The van der Waals surface area contributed by atoms with E-state index in [4.69, 9.17) is 10.5 Å². The van der Waals surface area contributed by atoms with Crippen LogP contribution < -0.4 is 10.5 Å². The summed E-state index contributed by atoms with van der Waals surface area (Å²) in [5.74, 6) is 0. The summed E-state index contributed by atoms with van der Waals surface area (Å²) in [4.78, 5) is 0.238. The first-order valence-electron chi connectivity index (χ1n) is 6.15. The minimum absolute atomic E-state index is 0.198. The molecule has 0 radical (unpaired) electrons. The van der Waals surface area contributed by atoms with E-state index in [1.54, 1.807) is 19.2 Å². The fourth-order valence-electron chi connectivity index (χ4n) is 1.53. The standard InChI is InChI=1S/C13H22N2O3S/c1-5-10-6-7-11(14)8-12(10)19(16,17)15-9-13(2,3)18-4/h6-8,15H,5,9,14H2,1-4H3. The van der Waals surface area contributed by atoms with E-state index in [0.717, 1.165) is 5.56 Å². The van der Waals surface area contributed by atoms with Crippen molar-refractivity contribution in [2.75, 3.05) is 19.4 Å². The SMILES string of the molecule is CCc1ccc(N)cc1S(=O)(=O)NCC(C)(C)OC. The Kier molecular flexibility index (Phi) is 4.95. The normalized spacial score (nSPS) is 12.6. The molecule has 1 aromatic carbocycles. The fourth-order valence-corrected chi connectivity index (χ4v) is 3.07. The molecule has 108 valence electrons. The van der Waals surface area contributed by atoms with Gasteiger partial charge in [0.15, 0.2) is 0 Å². The molecule has 0 aromatic heterocycles. The molecule has 5 nitrogen and oxygen atoms in total. The first kappa shape index (κ1) is 15.9. The van der Waals surface area contributed by atoms with Crippen LogP contribution in [-0.4, -0.2) is 27.7 Å². The Bertz CT molecular complexity index is 539. The Morgan fingerprint density at radius 3 is 2.53 bits per heavy atom. The van der Waals surface area contributed by atoms with Crippen molar-refractivity contribution in [2.24, 2.45) is 0 Å². The smallest absolute Gasteiger partial charge is 0.241 e. The number of hydrogen-bond donors (Lipinski definition) is 2. The minimum atomic E-state index is -3.58. The Hall–Kier alpha value is -1.11. The van der Waals surface area contributed by atoms with Gasteiger partial charge >= 0.3 is 0 Å². The van der Waals surface area contributed by atoms with Crippen LogP contribution in [0.15, 0.2) is 23.1 Å². The summed E-state index contributed by atoms with van der Waals surface area (Å²) >= 11 is 0. The number of aryl methyl sites for hydroxylation is 1. The number of sulfonamides is 1. The maximum absolute atomic E-state index is 12.3. The van der Waals surface area contributed by atoms with Gasteiger partial charge in [-0.2, -0.15) is 0 Å². The zero-order valence-electron chi connectivity index (χ0n) is 11.9. The second-order valence-electron chi connectivity index (χ2n) is 5.01. The monoisotopic (exact) mass is 286 g/mol. The number of ether oxygens (including phenoxy) is 1. The Labute approximate surface area is 115 Å². The van der Waals surface area contributed by atoms with Gasteiger partial charge in [-0.05, 0) is 38.0 Å². The van der Waals surface area contributed by atoms with Gasteiger partial charge in [0.2, 0.25) is 10.0 Å². The molecule has 6 heteroatoms. The summed E-state index contributed by atoms with van der Waals surface area (Å²) in [7, 11) is -2.03. The molecule has 0 unspecified atom stereocenters. The van der Waals surface area contributed by atoms with E-state index >= 15 is 0 Å². The highest BCUT2D eigenvalue weighted by Crippen LogP contribution is 2.20. The van der Waals surface area contributed by atoms with Gasteiger partial charge in [0, 0.05) is 19.3 Å². The molecule has 0 spiro atoms. The fraction of sp³-hybridized carbons (Fsp3) is 0.538. The lowest BCUT2D eigenvalue weighted by atomic mass is 10.1. The van der Waals surface area contributed by atoms with Crippen LogP contribution >= 0.6 is 0 Å². The highest BCUT2D eigenvalue weighted by molar-refractivity contribution is 7.89. The molecule has 0 saturated heterocycles. The molecular weight excluding hydrogens is 264 g/mol. The maximum atomic E-state index is 12.3. The van der Waals surface area contributed by atoms with Crippen molar-refractivity contribution in [3.8, 4) is 0 Å². The molecule has 0 aliphatic carbocycles. The third-order valence-electron chi connectivity index (χ3n) is 3.00. The highest BCUT2D eigenvalue weighted by Gasteiger charge is 2.23. The molecular formula is C13H22N2O3S. The summed E-state index contributed by atoms with van der Waals surface area (Å²) in [5, 5.41) is 0. The van der Waals surface area contributed by atoms with Crippen LogP contribution in [0, 0.1) is 0 Å². The van der Waals surface area contributed by atoms with Crippen molar-refractivity contribution in [3.05, 3.63) is 23.8 Å². The molecule has 0 fully saturated rings. The molecule has 1 rings (SSSR count). The van der Waals surface area contributed by atoms with Crippen molar-refractivity contribution < 1.29 is 13.2 Å². The van der Waals surface area contributed by atoms with E-state index < -0.39 is 15.6 Å². The maximum Gasteiger partial charge on any atom is 0.241 e. The molecule has 0 saturated carbocycles. The average Bonchev–Trinajstić information content (AvgIpc) is 2.37. The van der Waals surface area contributed by atoms with E-state index in [-0.39, 0.29) is 11.4 Å². The van der Waals surface area contributed by atoms with Crippen molar-refractivity contribution in [3.63, 3.8) is 0 Å². The lowest BCUT2D eigenvalue weighted by Gasteiger charge is -2.23. The Morgan fingerprint density at radius 2 is 2.00 bits per heavy atom. The van der Waals surface area contributed by atoms with Gasteiger partial charge in [0.05, 0.1) is 10.5 Å². The summed E-state index contributed by atoms with van der Waals surface area (Å²) in [5.41, 5.74) is 6.30. The van der Waals surface area contributed by atoms with Gasteiger partial charge in [-0.1, -0.05) is 13.0 Å². The van der Waals surface area contributed by atoms with E-state index in [1.165, 1.54) is 6.07 Å². The number of methoxy groups -OCH3 is 1. The predicted octanol–water partition coefficient (Wildman–Crippen LogP) is 1.53. The molecule has 0 aliphatic rings. The van der Waals surface area contributed by atoms with Crippen molar-refractivity contribution in [2.45, 2.75) is 37.7 Å². The largest absolute Gasteiger partial charge is 0.399 e. The third kappa shape index (κ3) is 4.19. The van der Waals surface area contributed by atoms with Crippen LogP contribution in [0.25, 0.3) is 0 Å². The van der Waals surface area contributed by atoms with Crippen molar-refractivity contribution in [1.82, 2.24) is 4.72 Å². The molecule has 0 aliphatic heterocycles. The molecule has 3 N–H and O–H groups in total. The molecule has 1 aromatic rings. The third-order valence-corrected chi connectivity index (χ3v) is 4.49. The lowest BCUT2D eigenvalue weighted by Crippen LogP contribution is -2.39. The van der Waals surface area contributed by atoms with Gasteiger partial charge in [-0.25, -0.2) is 13.1 Å². The number of nitrogens with two attached hydrogens (primary N) is 1. The predicted molar refractivity (Wildman–Crippen MR) is 76.5 cm³/mol. The number of nitrogen functional groups attached to an aromatic ring is 1. The number of nitrogens with one attached hydrogen (secondary N) is 1. The van der Waals surface area contributed by atoms with E-state index in [9.17, 15) is 8.42 Å². The Morgan fingerprint density at radius 1 is 1.37 bits per heavy atom. The van der Waals surface area contributed by atoms with Crippen LogP contribution in [0.1, 0.15) is 26.3 Å². The van der Waals surface area contributed by atoms with Gasteiger partial charge < -0.3 is 10.5 Å². The van der Waals surface area contributed by atoms with Gasteiger partial charge in [0.1, 0.15) is 0 Å². The molecule has 0 atom stereocenters. The zero-order chi connectivity index (χ0) is 14.7. The van der Waals surface area contributed by atoms with E-state index in [1.807, 2.05) is 20.8 Å². The van der Waals surface area contributed by atoms with Crippen molar-refractivity contribution >= 4 is 15.7 Å². The lowest BCUT2D eigenvalue weighted by molar-refractivity contribution is 0.0276. The number of benzene rings is 1. The summed E-state index contributed by atoms with van der Waals surface area (Å²) < 4.78 is 32.4. The van der Waals surface area contributed by atoms with Crippen LogP contribution in [0.4, 0.5) is 5.69 Å². The quantitative estimate of drug-likeness (QED) is 0.777. The minimum Gasteiger partial charge on any atom is -0.399 e. The Balaban J connectivity index is 3.04. The average molecular weight is 286 g/mol. The molecule has 19 heavy (non-hydrogen) atoms. The number of rotatable bonds is 6.